The van der Waals surface area contributed by atoms with Gasteiger partial charge in [0.2, 0.25) is 0 Å². The molecule has 1 amide bonds. The van der Waals surface area contributed by atoms with E-state index in [0.29, 0.717) is 18.7 Å². The number of nitrogens with one attached hydrogen (secondary N) is 1. The minimum Gasteiger partial charge on any atom is -0.478 e. The van der Waals surface area contributed by atoms with Crippen LogP contribution in [0, 0.1) is 0 Å². The normalized spacial score (nSPS) is 24.3. The minimum atomic E-state index is -1.03. The third-order valence-electron chi connectivity index (χ3n) is 2.04. The number of nitrogens with two attached hydrogens (primary N) is 1. The molecule has 0 bridgehead atoms. The number of carbonyl (C=O) groups excluding carboxylic acids is 1. The summed E-state index contributed by atoms with van der Waals surface area (Å²) in [7, 11) is 0. The van der Waals surface area contributed by atoms with E-state index in [1.165, 1.54) is 18.2 Å². The van der Waals surface area contributed by atoms with Gasteiger partial charge in [-0.1, -0.05) is 12.2 Å². The Morgan fingerprint density at radius 1 is 1.18 bits per heavy atom. The topological polar surface area (TPSA) is 92.4 Å². The average molecular weight is 234 g/mol. The summed E-state index contributed by atoms with van der Waals surface area (Å²) in [6, 6.07) is 0. The van der Waals surface area contributed by atoms with E-state index < -0.39 is 5.97 Å². The molecule has 90 valence electrons. The Hall–Kier alpha value is -2.14. The van der Waals surface area contributed by atoms with Gasteiger partial charge in [-0.15, -0.1) is 0 Å². The Balaban J connectivity index is 2.80. The molecule has 0 aromatic carbocycles. The average Bonchev–Trinajstić information content (AvgIpc) is 2.25. The molecule has 0 atom stereocenters. The predicted molar refractivity (Wildman–Crippen MR) is 64.1 cm³/mol. The molecule has 0 saturated carbocycles. The number of amides is 1. The molecule has 0 aromatic heterocycles. The Labute approximate surface area is 99.0 Å². The lowest BCUT2D eigenvalue weighted by Crippen LogP contribution is -2.29. The lowest BCUT2D eigenvalue weighted by atomic mass is 10.1. The van der Waals surface area contributed by atoms with Gasteiger partial charge in [0.15, 0.2) is 0 Å². The first-order valence-electron chi connectivity index (χ1n) is 5.13. The van der Waals surface area contributed by atoms with Gasteiger partial charge in [-0.25, -0.2) is 4.79 Å². The highest BCUT2D eigenvalue weighted by atomic mass is 16.4. The number of hydrogen-bond donors (Lipinski definition) is 3. The number of rotatable bonds is 4. The number of carbonyl (C=O) groups is 2. The van der Waals surface area contributed by atoms with Crippen molar-refractivity contribution < 1.29 is 14.7 Å². The van der Waals surface area contributed by atoms with E-state index in [0.717, 1.165) is 0 Å². The maximum absolute atomic E-state index is 11.6. The first-order valence-corrected chi connectivity index (χ1v) is 5.13. The van der Waals surface area contributed by atoms with E-state index in [-0.39, 0.29) is 11.5 Å². The Morgan fingerprint density at radius 2 is 1.76 bits per heavy atom. The molecular weight excluding hydrogens is 220 g/mol. The molecular formula is C12H14N2O3. The van der Waals surface area contributed by atoms with E-state index in [1.807, 2.05) is 0 Å². The van der Waals surface area contributed by atoms with Crippen molar-refractivity contribution >= 4 is 11.9 Å². The molecule has 0 saturated heterocycles. The van der Waals surface area contributed by atoms with E-state index >= 15 is 0 Å². The summed E-state index contributed by atoms with van der Waals surface area (Å²) in [5.74, 6) is -1.31. The van der Waals surface area contributed by atoms with Crippen LogP contribution in [0.2, 0.25) is 0 Å². The second kappa shape index (κ2) is 6.44. The van der Waals surface area contributed by atoms with Crippen LogP contribution in [0.5, 0.6) is 0 Å². The predicted octanol–water partition coefficient (Wildman–Crippen LogP) is 0.125. The van der Waals surface area contributed by atoms with Gasteiger partial charge in [-0.3, -0.25) is 4.79 Å². The monoisotopic (exact) mass is 234 g/mol. The molecule has 0 heterocycles. The van der Waals surface area contributed by atoms with Crippen molar-refractivity contribution in [1.82, 2.24) is 5.32 Å². The van der Waals surface area contributed by atoms with Crippen molar-refractivity contribution in [2.75, 3.05) is 13.1 Å². The van der Waals surface area contributed by atoms with Gasteiger partial charge in [-0.2, -0.15) is 0 Å². The van der Waals surface area contributed by atoms with Gasteiger partial charge < -0.3 is 16.2 Å². The molecule has 0 radical (unpaired) electrons. The zero-order chi connectivity index (χ0) is 12.7. The fraction of sp³-hybridized carbons (Fsp3) is 0.167. The summed E-state index contributed by atoms with van der Waals surface area (Å²) < 4.78 is 0. The number of aliphatic carboxylic acids is 1. The molecule has 1 aliphatic carbocycles. The highest BCUT2D eigenvalue weighted by molar-refractivity contribution is 5.98. The summed E-state index contributed by atoms with van der Waals surface area (Å²) in [6.07, 6.45) is 9.11. The van der Waals surface area contributed by atoms with Crippen LogP contribution in [-0.4, -0.2) is 30.1 Å². The van der Waals surface area contributed by atoms with Crippen molar-refractivity contribution in [2.24, 2.45) is 5.73 Å². The highest BCUT2D eigenvalue weighted by Gasteiger charge is 2.07. The second-order valence-electron chi connectivity index (χ2n) is 3.31. The lowest BCUT2D eigenvalue weighted by Gasteiger charge is -2.04. The molecule has 0 spiro atoms. The zero-order valence-corrected chi connectivity index (χ0v) is 9.22. The van der Waals surface area contributed by atoms with E-state index in [9.17, 15) is 9.59 Å². The molecule has 5 heteroatoms. The summed E-state index contributed by atoms with van der Waals surface area (Å²) in [5, 5.41) is 11.4. The molecule has 0 aliphatic heterocycles. The van der Waals surface area contributed by atoms with Crippen LogP contribution in [0.4, 0.5) is 0 Å². The van der Waals surface area contributed by atoms with Gasteiger partial charge in [0, 0.05) is 18.7 Å². The molecule has 1 aliphatic rings. The third-order valence-corrected chi connectivity index (χ3v) is 2.04. The van der Waals surface area contributed by atoms with Crippen molar-refractivity contribution in [3.05, 3.63) is 47.6 Å². The van der Waals surface area contributed by atoms with Gasteiger partial charge >= 0.3 is 5.97 Å². The first-order chi connectivity index (χ1) is 8.15. The largest absolute Gasteiger partial charge is 0.478 e. The van der Waals surface area contributed by atoms with Crippen LogP contribution in [-0.2, 0) is 9.59 Å². The number of allylic oxidation sites excluding steroid dienone is 4. The second-order valence-corrected chi connectivity index (χ2v) is 3.31. The summed E-state index contributed by atoms with van der Waals surface area (Å²) in [4.78, 5) is 22.4. The fourth-order valence-electron chi connectivity index (χ4n) is 1.19. The van der Waals surface area contributed by atoms with Gasteiger partial charge in [0.25, 0.3) is 5.91 Å². The highest BCUT2D eigenvalue weighted by Crippen LogP contribution is 2.07. The molecule has 0 aromatic rings. The van der Waals surface area contributed by atoms with Crippen LogP contribution in [0.1, 0.15) is 0 Å². The Bertz CT molecular complexity index is 431. The van der Waals surface area contributed by atoms with E-state index in [2.05, 4.69) is 5.32 Å². The van der Waals surface area contributed by atoms with Crippen molar-refractivity contribution in [1.29, 1.82) is 0 Å². The van der Waals surface area contributed by atoms with Crippen molar-refractivity contribution in [3.8, 4) is 0 Å². The maximum Gasteiger partial charge on any atom is 0.335 e. The molecule has 5 nitrogen and oxygen atoms in total. The van der Waals surface area contributed by atoms with Crippen LogP contribution in [0.3, 0.4) is 0 Å². The number of carboxylic acid groups (broad SMARTS) is 1. The smallest absolute Gasteiger partial charge is 0.335 e. The molecule has 0 unspecified atom stereocenters. The first kappa shape index (κ1) is 12.9. The maximum atomic E-state index is 11.6. The SMILES string of the molecule is NCCNC(=O)C1=C/C=C\C=C(C(=O)O)/C=C\1. The van der Waals surface area contributed by atoms with Crippen molar-refractivity contribution in [3.63, 3.8) is 0 Å². The molecule has 1 rings (SSSR count). The number of hydrogen-bond acceptors (Lipinski definition) is 3. The third kappa shape index (κ3) is 4.08. The number of carboxylic acids is 1. The Morgan fingerprint density at radius 3 is 2.35 bits per heavy atom. The van der Waals surface area contributed by atoms with Crippen LogP contribution in [0.15, 0.2) is 47.6 Å². The summed E-state index contributed by atoms with van der Waals surface area (Å²) in [6.45, 7) is 0.744. The molecule has 4 N–H and O–H groups in total. The summed E-state index contributed by atoms with van der Waals surface area (Å²) >= 11 is 0. The quantitative estimate of drug-likeness (QED) is 0.644. The van der Waals surface area contributed by atoms with Crippen LogP contribution < -0.4 is 11.1 Å². The van der Waals surface area contributed by atoms with Crippen LogP contribution >= 0.6 is 0 Å². The Kier molecular flexibility index (Phi) is 4.90. The lowest BCUT2D eigenvalue weighted by molar-refractivity contribution is -0.132. The van der Waals surface area contributed by atoms with Crippen LogP contribution in [0.25, 0.3) is 0 Å². The minimum absolute atomic E-state index is 0.124. The van der Waals surface area contributed by atoms with Crippen molar-refractivity contribution in [2.45, 2.75) is 0 Å². The van der Waals surface area contributed by atoms with Gasteiger partial charge in [0.05, 0.1) is 5.57 Å². The standard InChI is InChI=1S/C12H14N2O3/c13-7-8-14-11(15)9-3-1-2-4-10(6-5-9)12(16)17/h1-6H,7-8,13H2,(H,14,15)(H,16,17)/b2-1-,3-1?,4-2?,6-5-,9-3+,9-5?,10-4+,10-6?. The molecule has 0 fully saturated rings. The van der Waals surface area contributed by atoms with E-state index in [4.69, 9.17) is 10.8 Å². The van der Waals surface area contributed by atoms with Gasteiger partial charge in [0.1, 0.15) is 0 Å². The molecule has 17 heavy (non-hydrogen) atoms. The van der Waals surface area contributed by atoms with Gasteiger partial charge in [-0.05, 0) is 24.3 Å². The summed E-state index contributed by atoms with van der Waals surface area (Å²) in [5.41, 5.74) is 5.78. The fourth-order valence-corrected chi connectivity index (χ4v) is 1.19. The van der Waals surface area contributed by atoms with E-state index in [1.54, 1.807) is 18.2 Å². The zero-order valence-electron chi connectivity index (χ0n) is 9.22.